The second-order valence-corrected chi connectivity index (χ2v) is 5.82. The van der Waals surface area contributed by atoms with Crippen LogP contribution in [0.1, 0.15) is 19.8 Å². The van der Waals surface area contributed by atoms with Crippen LogP contribution in [0.2, 0.25) is 0 Å². The Balaban J connectivity index is 1.92. The van der Waals surface area contributed by atoms with Crippen LogP contribution in [-0.4, -0.2) is 59.9 Å². The number of phenols is 1. The standard InChI is InChI=1S/C18H27N3O2/c1-3-21(12-13-22)11-5-4-10-20(2)18-8-9-19-17-14-15(23)6-7-16(17)18/h6-9,14,22-23H,3-5,10-13H2,1-2H3. The summed E-state index contributed by atoms with van der Waals surface area (Å²) in [6.45, 7) is 6.08. The van der Waals surface area contributed by atoms with Crippen LogP contribution >= 0.6 is 0 Å². The zero-order valence-electron chi connectivity index (χ0n) is 14.1. The molecule has 0 atom stereocenters. The maximum Gasteiger partial charge on any atom is 0.117 e. The fourth-order valence-corrected chi connectivity index (χ4v) is 2.83. The lowest BCUT2D eigenvalue weighted by atomic mass is 10.1. The Morgan fingerprint density at radius 3 is 2.61 bits per heavy atom. The first-order chi connectivity index (χ1) is 11.2. The maximum absolute atomic E-state index is 9.58. The quantitative estimate of drug-likeness (QED) is 0.696. The van der Waals surface area contributed by atoms with Crippen LogP contribution < -0.4 is 4.90 Å². The third kappa shape index (κ3) is 4.81. The highest BCUT2D eigenvalue weighted by Gasteiger charge is 2.08. The van der Waals surface area contributed by atoms with Gasteiger partial charge in [0.15, 0.2) is 0 Å². The summed E-state index contributed by atoms with van der Waals surface area (Å²) in [4.78, 5) is 8.83. The molecule has 5 nitrogen and oxygen atoms in total. The topological polar surface area (TPSA) is 59.8 Å². The SMILES string of the molecule is CCN(CCO)CCCCN(C)c1ccnc2cc(O)ccc12. The Kier molecular flexibility index (Phi) is 6.62. The van der Waals surface area contributed by atoms with E-state index in [1.807, 2.05) is 12.1 Å². The summed E-state index contributed by atoms with van der Waals surface area (Å²) in [5.74, 6) is 0.244. The fourth-order valence-electron chi connectivity index (χ4n) is 2.83. The molecule has 2 aromatic rings. The molecule has 0 bridgehead atoms. The van der Waals surface area contributed by atoms with E-state index in [2.05, 4.69) is 28.8 Å². The zero-order valence-corrected chi connectivity index (χ0v) is 14.1. The zero-order chi connectivity index (χ0) is 16.7. The second-order valence-electron chi connectivity index (χ2n) is 5.82. The highest BCUT2D eigenvalue weighted by molar-refractivity contribution is 5.92. The second kappa shape index (κ2) is 8.70. The molecule has 0 fully saturated rings. The van der Waals surface area contributed by atoms with Crippen molar-refractivity contribution in [2.24, 2.45) is 0 Å². The highest BCUT2D eigenvalue weighted by atomic mass is 16.3. The summed E-state index contributed by atoms with van der Waals surface area (Å²) in [7, 11) is 2.09. The molecule has 0 amide bonds. The maximum atomic E-state index is 9.58. The first-order valence-electron chi connectivity index (χ1n) is 8.27. The average molecular weight is 317 g/mol. The Hall–Kier alpha value is -1.85. The number of aliphatic hydroxyl groups is 1. The number of aliphatic hydroxyl groups excluding tert-OH is 1. The molecular weight excluding hydrogens is 290 g/mol. The first kappa shape index (κ1) is 17.5. The largest absolute Gasteiger partial charge is 0.508 e. The molecule has 0 unspecified atom stereocenters. The van der Waals surface area contributed by atoms with Gasteiger partial charge in [0.25, 0.3) is 0 Å². The van der Waals surface area contributed by atoms with Crippen LogP contribution in [-0.2, 0) is 0 Å². The third-order valence-corrected chi connectivity index (χ3v) is 4.20. The molecule has 0 aliphatic heterocycles. The van der Waals surface area contributed by atoms with E-state index in [0.717, 1.165) is 55.6 Å². The molecule has 1 aromatic carbocycles. The van der Waals surface area contributed by atoms with Gasteiger partial charge >= 0.3 is 0 Å². The third-order valence-electron chi connectivity index (χ3n) is 4.20. The molecule has 2 N–H and O–H groups in total. The molecule has 0 saturated heterocycles. The number of pyridine rings is 1. The van der Waals surface area contributed by atoms with Gasteiger partial charge in [0.05, 0.1) is 12.1 Å². The Morgan fingerprint density at radius 1 is 1.09 bits per heavy atom. The van der Waals surface area contributed by atoms with Crippen LogP contribution in [0.5, 0.6) is 5.75 Å². The molecule has 0 spiro atoms. The molecule has 126 valence electrons. The van der Waals surface area contributed by atoms with Crippen molar-refractivity contribution in [3.8, 4) is 5.75 Å². The van der Waals surface area contributed by atoms with E-state index in [0.29, 0.717) is 0 Å². The van der Waals surface area contributed by atoms with Crippen LogP contribution in [0.25, 0.3) is 10.9 Å². The summed E-state index contributed by atoms with van der Waals surface area (Å²) >= 11 is 0. The van der Waals surface area contributed by atoms with E-state index in [-0.39, 0.29) is 12.4 Å². The van der Waals surface area contributed by atoms with Crippen molar-refractivity contribution in [2.45, 2.75) is 19.8 Å². The van der Waals surface area contributed by atoms with E-state index in [4.69, 9.17) is 5.11 Å². The highest BCUT2D eigenvalue weighted by Crippen LogP contribution is 2.27. The lowest BCUT2D eigenvalue weighted by Gasteiger charge is -2.22. The van der Waals surface area contributed by atoms with Crippen LogP contribution in [0.3, 0.4) is 0 Å². The van der Waals surface area contributed by atoms with Gasteiger partial charge in [0.2, 0.25) is 0 Å². The molecule has 1 aromatic heterocycles. The predicted octanol–water partition coefficient (Wildman–Crippen LogP) is 2.47. The number of aromatic nitrogens is 1. The molecule has 0 saturated carbocycles. The summed E-state index contributed by atoms with van der Waals surface area (Å²) in [6, 6.07) is 7.34. The van der Waals surface area contributed by atoms with E-state index < -0.39 is 0 Å². The number of aromatic hydroxyl groups is 1. The monoisotopic (exact) mass is 317 g/mol. The minimum Gasteiger partial charge on any atom is -0.508 e. The first-order valence-corrected chi connectivity index (χ1v) is 8.27. The van der Waals surface area contributed by atoms with Crippen LogP contribution in [0.15, 0.2) is 30.5 Å². The van der Waals surface area contributed by atoms with Crippen molar-refractivity contribution in [1.82, 2.24) is 9.88 Å². The van der Waals surface area contributed by atoms with Gasteiger partial charge in [0.1, 0.15) is 5.75 Å². The van der Waals surface area contributed by atoms with Crippen molar-refractivity contribution in [1.29, 1.82) is 0 Å². The minimum atomic E-state index is 0.226. The molecule has 0 radical (unpaired) electrons. The number of hydrogen-bond acceptors (Lipinski definition) is 5. The van der Waals surface area contributed by atoms with Crippen molar-refractivity contribution >= 4 is 16.6 Å². The van der Waals surface area contributed by atoms with E-state index >= 15 is 0 Å². The molecule has 23 heavy (non-hydrogen) atoms. The average Bonchev–Trinajstić information content (AvgIpc) is 2.56. The molecule has 2 rings (SSSR count). The summed E-state index contributed by atoms with van der Waals surface area (Å²) in [6.07, 6.45) is 4.00. The number of unbranched alkanes of at least 4 members (excludes halogenated alkanes) is 1. The Morgan fingerprint density at radius 2 is 1.87 bits per heavy atom. The van der Waals surface area contributed by atoms with Gasteiger partial charge in [-0.25, -0.2) is 0 Å². The number of rotatable bonds is 9. The van der Waals surface area contributed by atoms with E-state index in [1.54, 1.807) is 18.3 Å². The number of benzene rings is 1. The predicted molar refractivity (Wildman–Crippen MR) is 95.1 cm³/mol. The van der Waals surface area contributed by atoms with Gasteiger partial charge in [-0.05, 0) is 44.1 Å². The smallest absolute Gasteiger partial charge is 0.117 e. The van der Waals surface area contributed by atoms with Gasteiger partial charge in [-0.2, -0.15) is 0 Å². The Bertz CT molecular complexity index is 618. The normalized spacial score (nSPS) is 11.3. The number of hydrogen-bond donors (Lipinski definition) is 2. The number of phenolic OH excluding ortho intramolecular Hbond substituents is 1. The van der Waals surface area contributed by atoms with Crippen molar-refractivity contribution in [2.75, 3.05) is 44.7 Å². The Labute approximate surface area is 138 Å². The van der Waals surface area contributed by atoms with Crippen molar-refractivity contribution in [3.63, 3.8) is 0 Å². The van der Waals surface area contributed by atoms with Gasteiger partial charge in [-0.15, -0.1) is 0 Å². The van der Waals surface area contributed by atoms with Crippen LogP contribution in [0, 0.1) is 0 Å². The minimum absolute atomic E-state index is 0.226. The fraction of sp³-hybridized carbons (Fsp3) is 0.500. The number of anilines is 1. The molecular formula is C18H27N3O2. The van der Waals surface area contributed by atoms with Gasteiger partial charge in [-0.3, -0.25) is 4.98 Å². The number of nitrogens with zero attached hydrogens (tertiary/aromatic N) is 3. The summed E-state index contributed by atoms with van der Waals surface area (Å²) in [5, 5.41) is 19.6. The molecule has 0 aliphatic rings. The van der Waals surface area contributed by atoms with E-state index in [9.17, 15) is 5.11 Å². The lowest BCUT2D eigenvalue weighted by molar-refractivity contribution is 0.200. The summed E-state index contributed by atoms with van der Waals surface area (Å²) < 4.78 is 0. The van der Waals surface area contributed by atoms with Crippen LogP contribution in [0.4, 0.5) is 5.69 Å². The molecule has 0 aliphatic carbocycles. The summed E-state index contributed by atoms with van der Waals surface area (Å²) in [5.41, 5.74) is 1.95. The number of fused-ring (bicyclic) bond motifs is 1. The van der Waals surface area contributed by atoms with Crippen molar-refractivity contribution in [3.05, 3.63) is 30.5 Å². The molecule has 1 heterocycles. The lowest BCUT2D eigenvalue weighted by Crippen LogP contribution is -2.28. The van der Waals surface area contributed by atoms with Gasteiger partial charge in [-0.1, -0.05) is 6.92 Å². The van der Waals surface area contributed by atoms with Gasteiger partial charge < -0.3 is 20.0 Å². The number of likely N-dealkylation sites (N-methyl/N-ethyl adjacent to an activating group) is 1. The van der Waals surface area contributed by atoms with Crippen molar-refractivity contribution < 1.29 is 10.2 Å². The van der Waals surface area contributed by atoms with E-state index in [1.165, 1.54) is 0 Å². The molecule has 5 heteroatoms. The van der Waals surface area contributed by atoms with Gasteiger partial charge in [0, 0.05) is 43.5 Å².